The summed E-state index contributed by atoms with van der Waals surface area (Å²) in [6.45, 7) is 2.20. The highest BCUT2D eigenvalue weighted by Gasteiger charge is 2.17. The zero-order valence-corrected chi connectivity index (χ0v) is 16.2. The highest BCUT2D eigenvalue weighted by atomic mass is 35.5. The molecule has 0 saturated heterocycles. The second kappa shape index (κ2) is 8.36. The number of anilines is 1. The van der Waals surface area contributed by atoms with E-state index in [1.807, 2.05) is 6.07 Å². The van der Waals surface area contributed by atoms with E-state index in [2.05, 4.69) is 20.5 Å². The number of carbonyl (C=O) groups is 1. The number of hydrogen-bond acceptors (Lipinski definition) is 6. The minimum Gasteiger partial charge on any atom is -0.293 e. The average Bonchev–Trinajstić information content (AvgIpc) is 3.22. The van der Waals surface area contributed by atoms with Gasteiger partial charge < -0.3 is 0 Å². The molecule has 3 aromatic rings. The number of amides is 1. The van der Waals surface area contributed by atoms with Crippen LogP contribution >= 0.6 is 23.2 Å². The normalized spacial score (nSPS) is 10.8. The Morgan fingerprint density at radius 2 is 2.11 bits per heavy atom. The Morgan fingerprint density at radius 1 is 1.32 bits per heavy atom. The summed E-state index contributed by atoms with van der Waals surface area (Å²) in [6.07, 6.45) is 2.72. The number of nitrogens with zero attached hydrogens (tertiary/aromatic N) is 6. The summed E-state index contributed by atoms with van der Waals surface area (Å²) in [7, 11) is 0. The Kier molecular flexibility index (Phi) is 5.90. The van der Waals surface area contributed by atoms with Gasteiger partial charge in [-0.2, -0.15) is 5.10 Å². The van der Waals surface area contributed by atoms with Gasteiger partial charge in [-0.05, 0) is 24.6 Å². The van der Waals surface area contributed by atoms with Crippen molar-refractivity contribution in [3.05, 3.63) is 62.1 Å². The number of nitrogens with one attached hydrogen (secondary N) is 1. The third kappa shape index (κ3) is 4.65. The number of benzene rings is 1. The van der Waals surface area contributed by atoms with Gasteiger partial charge in [0, 0.05) is 6.42 Å². The van der Waals surface area contributed by atoms with Gasteiger partial charge in [-0.25, -0.2) is 9.67 Å². The van der Waals surface area contributed by atoms with Crippen LogP contribution in [0.5, 0.6) is 0 Å². The molecule has 0 atom stereocenters. The Bertz CT molecular complexity index is 1030. The lowest BCUT2D eigenvalue weighted by Gasteiger charge is -2.04. The molecule has 12 heteroatoms. The topological polar surface area (TPSA) is 121 Å². The maximum atomic E-state index is 12.1. The maximum Gasteiger partial charge on any atom is 0.309 e. The summed E-state index contributed by atoms with van der Waals surface area (Å²) in [5.74, 6) is -0.168. The first-order valence-electron chi connectivity index (χ1n) is 8.13. The van der Waals surface area contributed by atoms with Crippen LogP contribution in [0.2, 0.25) is 10.0 Å². The van der Waals surface area contributed by atoms with Gasteiger partial charge in [0.15, 0.2) is 0 Å². The summed E-state index contributed by atoms with van der Waals surface area (Å²) >= 11 is 11.9. The van der Waals surface area contributed by atoms with Crippen LogP contribution in [-0.2, 0) is 17.9 Å². The average molecular weight is 424 g/mol. The first kappa shape index (κ1) is 19.8. The predicted molar refractivity (Wildman–Crippen MR) is 102 cm³/mol. The summed E-state index contributed by atoms with van der Waals surface area (Å²) in [6, 6.07) is 5.25. The van der Waals surface area contributed by atoms with Gasteiger partial charge >= 0.3 is 5.69 Å². The number of carbonyl (C=O) groups excluding carboxylic acids is 1. The van der Waals surface area contributed by atoms with Crippen molar-refractivity contribution < 1.29 is 9.72 Å². The number of rotatable bonds is 7. The molecule has 1 N–H and O–H groups in total. The van der Waals surface area contributed by atoms with Gasteiger partial charge in [0.2, 0.25) is 11.9 Å². The van der Waals surface area contributed by atoms with E-state index in [4.69, 9.17) is 23.2 Å². The zero-order chi connectivity index (χ0) is 20.3. The third-order valence-corrected chi connectivity index (χ3v) is 4.68. The maximum absolute atomic E-state index is 12.1. The second-order valence-electron chi connectivity index (χ2n) is 5.91. The molecule has 1 aromatic carbocycles. The molecule has 0 bridgehead atoms. The van der Waals surface area contributed by atoms with Gasteiger partial charge in [0.05, 0.1) is 28.1 Å². The molecule has 146 valence electrons. The fourth-order valence-electron chi connectivity index (χ4n) is 2.49. The van der Waals surface area contributed by atoms with E-state index in [0.29, 0.717) is 22.3 Å². The molecule has 0 fully saturated rings. The van der Waals surface area contributed by atoms with Crippen LogP contribution in [-0.4, -0.2) is 35.4 Å². The fourth-order valence-corrected chi connectivity index (χ4v) is 2.81. The van der Waals surface area contributed by atoms with E-state index in [9.17, 15) is 14.9 Å². The van der Waals surface area contributed by atoms with Crippen molar-refractivity contribution in [3.63, 3.8) is 0 Å². The van der Waals surface area contributed by atoms with E-state index < -0.39 is 4.92 Å². The van der Waals surface area contributed by atoms with Crippen molar-refractivity contribution in [1.82, 2.24) is 24.5 Å². The number of aromatic nitrogens is 5. The predicted octanol–water partition coefficient (Wildman–Crippen LogP) is 3.08. The summed E-state index contributed by atoms with van der Waals surface area (Å²) in [5, 5.41) is 22.4. The van der Waals surface area contributed by atoms with Crippen molar-refractivity contribution in [2.24, 2.45) is 0 Å². The van der Waals surface area contributed by atoms with Crippen molar-refractivity contribution in [1.29, 1.82) is 0 Å². The lowest BCUT2D eigenvalue weighted by atomic mass is 10.2. The zero-order valence-electron chi connectivity index (χ0n) is 14.7. The Morgan fingerprint density at radius 3 is 2.79 bits per heavy atom. The van der Waals surface area contributed by atoms with Crippen LogP contribution in [0.1, 0.15) is 17.7 Å². The van der Waals surface area contributed by atoms with Crippen molar-refractivity contribution >= 4 is 40.7 Å². The molecule has 0 aliphatic rings. The van der Waals surface area contributed by atoms with E-state index in [1.54, 1.807) is 23.7 Å². The third-order valence-electron chi connectivity index (χ3n) is 3.94. The van der Waals surface area contributed by atoms with Crippen LogP contribution in [0.3, 0.4) is 0 Å². The Balaban J connectivity index is 1.55. The first-order valence-corrected chi connectivity index (χ1v) is 8.89. The molecule has 2 aromatic heterocycles. The molecule has 3 rings (SSSR count). The number of halogens is 2. The summed E-state index contributed by atoms with van der Waals surface area (Å²) < 4.78 is 2.96. The SMILES string of the molecule is Cc1c([N+](=O)[O-])cnn1CCC(=O)Nc1ncn(Cc2ccc(Cl)c(Cl)c2)n1. The minimum atomic E-state index is -0.511. The standard InChI is InChI=1S/C16H15Cl2N7O3/c1-10-14(25(27)28)7-20-24(10)5-4-15(26)21-16-19-9-23(22-16)8-11-2-3-12(17)13(18)6-11/h2-3,6-7,9H,4-5,8H2,1H3,(H,21,22,26). The lowest BCUT2D eigenvalue weighted by molar-refractivity contribution is -0.385. The van der Waals surface area contributed by atoms with Crippen LogP contribution in [0.25, 0.3) is 0 Å². The summed E-state index contributed by atoms with van der Waals surface area (Å²) in [4.78, 5) is 26.4. The number of hydrogen-bond donors (Lipinski definition) is 1. The van der Waals surface area contributed by atoms with Crippen LogP contribution in [0, 0.1) is 17.0 Å². The van der Waals surface area contributed by atoms with E-state index in [-0.39, 0.29) is 30.5 Å². The number of aryl methyl sites for hydroxylation is 1. The van der Waals surface area contributed by atoms with Crippen molar-refractivity contribution in [2.45, 2.75) is 26.4 Å². The van der Waals surface area contributed by atoms with E-state index >= 15 is 0 Å². The Hall–Kier alpha value is -2.98. The molecule has 0 aliphatic heterocycles. The largest absolute Gasteiger partial charge is 0.309 e. The van der Waals surface area contributed by atoms with Crippen LogP contribution in [0.4, 0.5) is 11.6 Å². The highest BCUT2D eigenvalue weighted by Crippen LogP contribution is 2.23. The molecule has 2 heterocycles. The van der Waals surface area contributed by atoms with Gasteiger partial charge in [-0.15, -0.1) is 5.10 Å². The van der Waals surface area contributed by atoms with Gasteiger partial charge in [0.1, 0.15) is 18.2 Å². The smallest absolute Gasteiger partial charge is 0.293 e. The molecular weight excluding hydrogens is 409 g/mol. The van der Waals surface area contributed by atoms with Gasteiger partial charge in [0.25, 0.3) is 0 Å². The molecule has 10 nitrogen and oxygen atoms in total. The van der Waals surface area contributed by atoms with Gasteiger partial charge in [-0.1, -0.05) is 29.3 Å². The second-order valence-corrected chi connectivity index (χ2v) is 6.72. The van der Waals surface area contributed by atoms with Gasteiger partial charge in [-0.3, -0.25) is 24.9 Å². The minimum absolute atomic E-state index is 0.0704. The molecule has 1 amide bonds. The monoisotopic (exact) mass is 423 g/mol. The number of nitro groups is 1. The van der Waals surface area contributed by atoms with E-state index in [1.165, 1.54) is 17.2 Å². The molecule has 28 heavy (non-hydrogen) atoms. The molecule has 0 spiro atoms. The highest BCUT2D eigenvalue weighted by molar-refractivity contribution is 6.42. The van der Waals surface area contributed by atoms with Crippen LogP contribution < -0.4 is 5.32 Å². The molecule has 0 aliphatic carbocycles. The molecular formula is C16H15Cl2N7O3. The van der Waals surface area contributed by atoms with Crippen molar-refractivity contribution in [3.8, 4) is 0 Å². The quantitative estimate of drug-likeness (QED) is 0.460. The molecule has 0 unspecified atom stereocenters. The first-order chi connectivity index (χ1) is 13.3. The lowest BCUT2D eigenvalue weighted by Crippen LogP contribution is -2.16. The van der Waals surface area contributed by atoms with E-state index in [0.717, 1.165) is 5.56 Å². The summed E-state index contributed by atoms with van der Waals surface area (Å²) in [5.41, 5.74) is 1.19. The Labute approximate surface area is 169 Å². The molecule has 0 radical (unpaired) electrons. The fraction of sp³-hybridized carbons (Fsp3) is 0.250. The van der Waals surface area contributed by atoms with Crippen molar-refractivity contribution in [2.75, 3.05) is 5.32 Å². The molecule has 0 saturated carbocycles. The van der Waals surface area contributed by atoms with Crippen LogP contribution in [0.15, 0.2) is 30.7 Å².